The van der Waals surface area contributed by atoms with E-state index in [0.29, 0.717) is 5.56 Å². The molecule has 2 aromatic carbocycles. The van der Waals surface area contributed by atoms with Crippen molar-refractivity contribution in [1.82, 2.24) is 24.5 Å². The van der Waals surface area contributed by atoms with Gasteiger partial charge in [0, 0.05) is 5.69 Å². The summed E-state index contributed by atoms with van der Waals surface area (Å²) in [7, 11) is 0. The SMILES string of the molecule is O=C(Cn1cnc2c(nnn2Cc2cccc(C(F)(F)F)c2)c1=O)Nc1ccc(F)c(Cl)c1. The number of hydrogen-bond donors (Lipinski definition) is 1. The van der Waals surface area contributed by atoms with Crippen LogP contribution >= 0.6 is 11.6 Å². The summed E-state index contributed by atoms with van der Waals surface area (Å²) in [6.45, 7) is -0.514. The van der Waals surface area contributed by atoms with Crippen molar-refractivity contribution in [3.05, 3.63) is 81.1 Å². The van der Waals surface area contributed by atoms with Crippen molar-refractivity contribution in [3.8, 4) is 0 Å². The largest absolute Gasteiger partial charge is 0.416 e. The Labute approximate surface area is 187 Å². The van der Waals surface area contributed by atoms with E-state index in [1.807, 2.05) is 0 Å². The zero-order valence-corrected chi connectivity index (χ0v) is 17.2. The second-order valence-corrected chi connectivity index (χ2v) is 7.38. The van der Waals surface area contributed by atoms with Crippen LogP contribution in [0.5, 0.6) is 0 Å². The van der Waals surface area contributed by atoms with Crippen LogP contribution in [0.3, 0.4) is 0 Å². The van der Waals surface area contributed by atoms with Gasteiger partial charge in [0.15, 0.2) is 11.2 Å². The van der Waals surface area contributed by atoms with Crippen LogP contribution in [0.4, 0.5) is 23.2 Å². The average molecular weight is 481 g/mol. The first kappa shape index (κ1) is 22.4. The molecule has 0 fully saturated rings. The summed E-state index contributed by atoms with van der Waals surface area (Å²) in [5.41, 5.74) is -1.04. The highest BCUT2D eigenvalue weighted by Crippen LogP contribution is 2.29. The highest BCUT2D eigenvalue weighted by Gasteiger charge is 2.30. The highest BCUT2D eigenvalue weighted by molar-refractivity contribution is 6.31. The van der Waals surface area contributed by atoms with Crippen LogP contribution in [0.25, 0.3) is 11.2 Å². The van der Waals surface area contributed by atoms with E-state index in [0.717, 1.165) is 29.1 Å². The topological polar surface area (TPSA) is 94.7 Å². The summed E-state index contributed by atoms with van der Waals surface area (Å²) in [6, 6.07) is 8.29. The van der Waals surface area contributed by atoms with Crippen molar-refractivity contribution in [2.45, 2.75) is 19.3 Å². The Bertz CT molecular complexity index is 1420. The normalized spacial score (nSPS) is 11.7. The first-order chi connectivity index (χ1) is 15.6. The molecule has 33 heavy (non-hydrogen) atoms. The molecule has 4 rings (SSSR count). The second-order valence-electron chi connectivity index (χ2n) is 6.97. The molecular weight excluding hydrogens is 468 g/mol. The maximum atomic E-state index is 13.2. The van der Waals surface area contributed by atoms with Gasteiger partial charge in [-0.25, -0.2) is 14.1 Å². The van der Waals surface area contributed by atoms with Crippen LogP contribution in [0.2, 0.25) is 5.02 Å². The molecule has 8 nitrogen and oxygen atoms in total. The molecule has 1 amide bonds. The van der Waals surface area contributed by atoms with Crippen LogP contribution in [0.15, 0.2) is 53.6 Å². The van der Waals surface area contributed by atoms with Crippen molar-refractivity contribution < 1.29 is 22.4 Å². The molecule has 0 saturated heterocycles. The Hall–Kier alpha value is -3.80. The van der Waals surface area contributed by atoms with Gasteiger partial charge in [0.25, 0.3) is 5.56 Å². The van der Waals surface area contributed by atoms with Crippen LogP contribution < -0.4 is 10.9 Å². The third kappa shape index (κ3) is 4.85. The number of fused-ring (bicyclic) bond motifs is 1. The van der Waals surface area contributed by atoms with E-state index >= 15 is 0 Å². The molecule has 2 aromatic heterocycles. The number of benzene rings is 2. The Kier molecular flexibility index (Phi) is 5.85. The third-order valence-corrected chi connectivity index (χ3v) is 4.89. The molecule has 170 valence electrons. The molecule has 0 spiro atoms. The predicted octanol–water partition coefficient (Wildman–Crippen LogP) is 3.49. The zero-order valence-electron chi connectivity index (χ0n) is 16.5. The number of carbonyl (C=O) groups excluding carboxylic acids is 1. The lowest BCUT2D eigenvalue weighted by molar-refractivity contribution is -0.137. The lowest BCUT2D eigenvalue weighted by atomic mass is 10.1. The standard InChI is InChI=1S/C20H13ClF4N6O2/c21-14-7-13(4-5-15(14)22)27-16(32)9-30-10-26-18-17(19(30)33)28-29-31(18)8-11-2-1-3-12(6-11)20(23,24)25/h1-7,10H,8-9H2,(H,27,32). The average Bonchev–Trinajstić information content (AvgIpc) is 3.16. The van der Waals surface area contributed by atoms with E-state index in [9.17, 15) is 27.2 Å². The Morgan fingerprint density at radius 1 is 1.15 bits per heavy atom. The fourth-order valence-electron chi connectivity index (χ4n) is 3.05. The van der Waals surface area contributed by atoms with Gasteiger partial charge in [-0.05, 0) is 35.9 Å². The second kappa shape index (κ2) is 8.62. The first-order valence-electron chi connectivity index (χ1n) is 9.31. The fraction of sp³-hybridized carbons (Fsp3) is 0.150. The number of alkyl halides is 3. The number of carbonyl (C=O) groups is 1. The molecule has 0 saturated carbocycles. The number of amides is 1. The van der Waals surface area contributed by atoms with E-state index in [4.69, 9.17) is 11.6 Å². The minimum absolute atomic E-state index is 0.0550. The molecule has 4 aromatic rings. The van der Waals surface area contributed by atoms with Crippen molar-refractivity contribution in [2.24, 2.45) is 0 Å². The number of aromatic nitrogens is 5. The van der Waals surface area contributed by atoms with E-state index < -0.39 is 35.6 Å². The Morgan fingerprint density at radius 2 is 1.94 bits per heavy atom. The molecule has 2 heterocycles. The van der Waals surface area contributed by atoms with E-state index in [1.165, 1.54) is 28.9 Å². The Morgan fingerprint density at radius 3 is 2.67 bits per heavy atom. The highest BCUT2D eigenvalue weighted by atomic mass is 35.5. The van der Waals surface area contributed by atoms with Crippen molar-refractivity contribution >= 4 is 34.4 Å². The van der Waals surface area contributed by atoms with Gasteiger partial charge < -0.3 is 5.32 Å². The number of halogens is 5. The maximum Gasteiger partial charge on any atom is 0.416 e. The minimum Gasteiger partial charge on any atom is -0.324 e. The summed E-state index contributed by atoms with van der Waals surface area (Å²) in [5.74, 6) is -1.24. The summed E-state index contributed by atoms with van der Waals surface area (Å²) in [6.07, 6.45) is -3.39. The molecular formula is C20H13ClF4N6O2. The lowest BCUT2D eigenvalue weighted by Crippen LogP contribution is -2.28. The molecule has 0 unspecified atom stereocenters. The quantitative estimate of drug-likeness (QED) is 0.441. The van der Waals surface area contributed by atoms with E-state index in [-0.39, 0.29) is 28.4 Å². The van der Waals surface area contributed by atoms with Crippen molar-refractivity contribution in [2.75, 3.05) is 5.32 Å². The summed E-state index contributed by atoms with van der Waals surface area (Å²) in [5, 5.41) is 9.87. The van der Waals surface area contributed by atoms with Gasteiger partial charge in [-0.2, -0.15) is 13.2 Å². The van der Waals surface area contributed by atoms with Crippen LogP contribution in [0.1, 0.15) is 11.1 Å². The molecule has 0 atom stereocenters. The third-order valence-electron chi connectivity index (χ3n) is 4.60. The molecule has 0 aliphatic heterocycles. The molecule has 0 aliphatic carbocycles. The number of nitrogens with one attached hydrogen (secondary N) is 1. The van der Waals surface area contributed by atoms with Gasteiger partial charge >= 0.3 is 6.18 Å². The summed E-state index contributed by atoms with van der Waals surface area (Å²) < 4.78 is 54.2. The van der Waals surface area contributed by atoms with Crippen LogP contribution in [-0.4, -0.2) is 30.5 Å². The monoisotopic (exact) mass is 480 g/mol. The number of anilines is 1. The molecule has 0 aliphatic rings. The maximum absolute atomic E-state index is 13.2. The van der Waals surface area contributed by atoms with Gasteiger partial charge in [-0.15, -0.1) is 5.10 Å². The number of hydrogen-bond acceptors (Lipinski definition) is 5. The smallest absolute Gasteiger partial charge is 0.324 e. The van der Waals surface area contributed by atoms with Crippen LogP contribution in [0, 0.1) is 5.82 Å². The van der Waals surface area contributed by atoms with Crippen LogP contribution in [-0.2, 0) is 24.1 Å². The number of nitrogens with zero attached hydrogens (tertiary/aromatic N) is 5. The summed E-state index contributed by atoms with van der Waals surface area (Å²) >= 11 is 5.67. The molecule has 0 radical (unpaired) electrons. The lowest BCUT2D eigenvalue weighted by Gasteiger charge is -2.09. The van der Waals surface area contributed by atoms with E-state index in [2.05, 4.69) is 20.6 Å². The number of rotatable bonds is 5. The van der Waals surface area contributed by atoms with Gasteiger partial charge in [0.2, 0.25) is 5.91 Å². The summed E-state index contributed by atoms with van der Waals surface area (Å²) in [4.78, 5) is 29.0. The van der Waals surface area contributed by atoms with E-state index in [1.54, 1.807) is 0 Å². The zero-order chi connectivity index (χ0) is 23.8. The van der Waals surface area contributed by atoms with Gasteiger partial charge in [0.05, 0.1) is 17.1 Å². The van der Waals surface area contributed by atoms with Crippen molar-refractivity contribution in [3.63, 3.8) is 0 Å². The van der Waals surface area contributed by atoms with Crippen molar-refractivity contribution in [1.29, 1.82) is 0 Å². The molecule has 13 heteroatoms. The minimum atomic E-state index is -4.49. The Balaban J connectivity index is 1.54. The predicted molar refractivity (Wildman–Crippen MR) is 110 cm³/mol. The molecule has 1 N–H and O–H groups in total. The van der Waals surface area contributed by atoms with Gasteiger partial charge in [-0.1, -0.05) is 28.9 Å². The fourth-order valence-corrected chi connectivity index (χ4v) is 3.23. The molecule has 0 bridgehead atoms. The van der Waals surface area contributed by atoms with Gasteiger partial charge in [-0.3, -0.25) is 14.2 Å². The first-order valence-corrected chi connectivity index (χ1v) is 9.69. The van der Waals surface area contributed by atoms with Gasteiger partial charge in [0.1, 0.15) is 18.7 Å².